The Hall–Kier alpha value is -0.870. The van der Waals surface area contributed by atoms with E-state index in [2.05, 4.69) is 29.0 Å². The number of hydrogen-bond acceptors (Lipinski definition) is 4. The van der Waals surface area contributed by atoms with Gasteiger partial charge in [0.2, 0.25) is 0 Å². The van der Waals surface area contributed by atoms with Gasteiger partial charge < -0.3 is 9.73 Å². The molecule has 1 aliphatic heterocycles. The molecule has 102 valence electrons. The van der Waals surface area contributed by atoms with Crippen LogP contribution in [0.4, 0.5) is 0 Å². The normalized spacial score (nSPS) is 21.0. The first kappa shape index (κ1) is 13.6. The van der Waals surface area contributed by atoms with Gasteiger partial charge in [-0.05, 0) is 40.3 Å². The van der Waals surface area contributed by atoms with Crippen LogP contribution in [-0.2, 0) is 12.8 Å². The lowest BCUT2D eigenvalue weighted by atomic mass is 10.1. The van der Waals surface area contributed by atoms with E-state index in [1.54, 1.807) is 6.26 Å². The maximum atomic E-state index is 5.59. The minimum Gasteiger partial charge on any atom is -0.449 e. The smallest absolute Gasteiger partial charge is 0.195 e. The summed E-state index contributed by atoms with van der Waals surface area (Å²) in [5.74, 6) is 0.902. The molecule has 0 radical (unpaired) electrons. The molecule has 1 saturated heterocycles. The number of likely N-dealkylation sites (N-methyl/N-ethyl adjacent to an activating group) is 1. The van der Waals surface area contributed by atoms with Gasteiger partial charge in [0.25, 0.3) is 0 Å². The van der Waals surface area contributed by atoms with Gasteiger partial charge in [0.1, 0.15) is 6.26 Å². The largest absolute Gasteiger partial charge is 0.449 e. The maximum Gasteiger partial charge on any atom is 0.195 e. The van der Waals surface area contributed by atoms with Gasteiger partial charge in [-0.2, -0.15) is 0 Å². The van der Waals surface area contributed by atoms with E-state index in [-0.39, 0.29) is 0 Å². The van der Waals surface area contributed by atoms with Crippen LogP contribution in [0.1, 0.15) is 38.3 Å². The summed E-state index contributed by atoms with van der Waals surface area (Å²) in [6.45, 7) is 6.71. The summed E-state index contributed by atoms with van der Waals surface area (Å²) in [5, 5.41) is 3.13. The molecule has 1 unspecified atom stereocenters. The standard InChI is InChI=1S/C14H25N3O/c1-11(2)17-8-4-5-13(17)9-14-16-12(10-18-14)6-7-15-3/h10-11,13,15H,4-9H2,1-3H3. The zero-order valence-corrected chi connectivity index (χ0v) is 11.8. The average Bonchev–Trinajstić information content (AvgIpc) is 2.96. The van der Waals surface area contributed by atoms with Crippen LogP contribution < -0.4 is 5.32 Å². The highest BCUT2D eigenvalue weighted by molar-refractivity contribution is 4.99. The SMILES string of the molecule is CNCCc1coc(CC2CCCN2C(C)C)n1. The van der Waals surface area contributed by atoms with Crippen molar-refractivity contribution in [3.63, 3.8) is 0 Å². The third kappa shape index (κ3) is 3.33. The van der Waals surface area contributed by atoms with E-state index >= 15 is 0 Å². The Labute approximate surface area is 110 Å². The van der Waals surface area contributed by atoms with Crippen LogP contribution >= 0.6 is 0 Å². The molecule has 0 spiro atoms. The molecule has 2 heterocycles. The third-order valence-electron chi connectivity index (χ3n) is 3.73. The average molecular weight is 251 g/mol. The van der Waals surface area contributed by atoms with Crippen molar-refractivity contribution in [2.24, 2.45) is 0 Å². The minimum atomic E-state index is 0.612. The number of likely N-dealkylation sites (tertiary alicyclic amines) is 1. The molecule has 1 aromatic heterocycles. The van der Waals surface area contributed by atoms with Crippen LogP contribution in [0.25, 0.3) is 0 Å². The Kier molecular flexibility index (Phi) is 4.78. The summed E-state index contributed by atoms with van der Waals surface area (Å²) in [6.07, 6.45) is 6.28. The van der Waals surface area contributed by atoms with Gasteiger partial charge in [0.05, 0.1) is 5.69 Å². The van der Waals surface area contributed by atoms with Crippen molar-refractivity contribution in [2.75, 3.05) is 20.1 Å². The molecule has 0 aliphatic carbocycles. The van der Waals surface area contributed by atoms with E-state index in [4.69, 9.17) is 4.42 Å². The highest BCUT2D eigenvalue weighted by atomic mass is 16.3. The lowest BCUT2D eigenvalue weighted by Crippen LogP contribution is -2.36. The van der Waals surface area contributed by atoms with Crippen LogP contribution in [0.2, 0.25) is 0 Å². The van der Waals surface area contributed by atoms with E-state index in [1.165, 1.54) is 19.4 Å². The first-order chi connectivity index (χ1) is 8.70. The van der Waals surface area contributed by atoms with Gasteiger partial charge in [-0.25, -0.2) is 4.98 Å². The van der Waals surface area contributed by atoms with Crippen LogP contribution in [-0.4, -0.2) is 42.1 Å². The molecule has 1 aliphatic rings. The molecule has 0 aromatic carbocycles. The molecule has 1 atom stereocenters. The van der Waals surface area contributed by atoms with Gasteiger partial charge >= 0.3 is 0 Å². The second kappa shape index (κ2) is 6.34. The number of oxazole rings is 1. The summed E-state index contributed by atoms with van der Waals surface area (Å²) in [6, 6.07) is 1.23. The Morgan fingerprint density at radius 1 is 1.56 bits per heavy atom. The summed E-state index contributed by atoms with van der Waals surface area (Å²) >= 11 is 0. The van der Waals surface area contributed by atoms with Gasteiger partial charge in [-0.15, -0.1) is 0 Å². The molecular formula is C14H25N3O. The van der Waals surface area contributed by atoms with E-state index in [0.29, 0.717) is 12.1 Å². The molecule has 0 amide bonds. The number of aromatic nitrogens is 1. The highest BCUT2D eigenvalue weighted by Crippen LogP contribution is 2.23. The van der Waals surface area contributed by atoms with E-state index in [9.17, 15) is 0 Å². The molecular weight excluding hydrogens is 226 g/mol. The molecule has 4 nitrogen and oxygen atoms in total. The predicted molar refractivity (Wildman–Crippen MR) is 72.7 cm³/mol. The molecule has 0 saturated carbocycles. The van der Waals surface area contributed by atoms with Crippen LogP contribution in [0.3, 0.4) is 0 Å². The summed E-state index contributed by atoms with van der Waals surface area (Å²) in [7, 11) is 1.96. The number of rotatable bonds is 6. The van der Waals surface area contributed by atoms with E-state index in [0.717, 1.165) is 31.0 Å². The molecule has 2 rings (SSSR count). The highest BCUT2D eigenvalue weighted by Gasteiger charge is 2.27. The van der Waals surface area contributed by atoms with Crippen molar-refractivity contribution in [2.45, 2.75) is 51.6 Å². The Bertz CT molecular complexity index is 362. The third-order valence-corrected chi connectivity index (χ3v) is 3.73. The van der Waals surface area contributed by atoms with Crippen LogP contribution in [0.5, 0.6) is 0 Å². The minimum absolute atomic E-state index is 0.612. The van der Waals surface area contributed by atoms with E-state index < -0.39 is 0 Å². The zero-order valence-electron chi connectivity index (χ0n) is 11.8. The molecule has 0 bridgehead atoms. The monoisotopic (exact) mass is 251 g/mol. The van der Waals surface area contributed by atoms with Crippen molar-refractivity contribution in [1.82, 2.24) is 15.2 Å². The second-order valence-corrected chi connectivity index (χ2v) is 5.42. The van der Waals surface area contributed by atoms with Crippen LogP contribution in [0.15, 0.2) is 10.7 Å². The van der Waals surface area contributed by atoms with Crippen molar-refractivity contribution in [3.8, 4) is 0 Å². The number of hydrogen-bond donors (Lipinski definition) is 1. The summed E-state index contributed by atoms with van der Waals surface area (Å²) < 4.78 is 5.59. The van der Waals surface area contributed by atoms with Crippen molar-refractivity contribution in [3.05, 3.63) is 17.8 Å². The Morgan fingerprint density at radius 2 is 2.39 bits per heavy atom. The number of nitrogens with zero attached hydrogens (tertiary/aromatic N) is 2. The lowest BCUT2D eigenvalue weighted by Gasteiger charge is -2.27. The lowest BCUT2D eigenvalue weighted by molar-refractivity contribution is 0.195. The molecule has 1 fully saturated rings. The second-order valence-electron chi connectivity index (χ2n) is 5.42. The molecule has 4 heteroatoms. The first-order valence-electron chi connectivity index (χ1n) is 7.04. The molecule has 1 N–H and O–H groups in total. The maximum absolute atomic E-state index is 5.59. The summed E-state index contributed by atoms with van der Waals surface area (Å²) in [4.78, 5) is 7.14. The zero-order chi connectivity index (χ0) is 13.0. The predicted octanol–water partition coefficient (Wildman–Crippen LogP) is 1.85. The quantitative estimate of drug-likeness (QED) is 0.838. The van der Waals surface area contributed by atoms with Crippen molar-refractivity contribution >= 4 is 0 Å². The van der Waals surface area contributed by atoms with Gasteiger partial charge in [-0.3, -0.25) is 4.90 Å². The van der Waals surface area contributed by atoms with Gasteiger partial charge in [-0.1, -0.05) is 0 Å². The molecule has 1 aromatic rings. The molecule has 18 heavy (non-hydrogen) atoms. The Morgan fingerprint density at radius 3 is 3.11 bits per heavy atom. The topological polar surface area (TPSA) is 41.3 Å². The fourth-order valence-electron chi connectivity index (χ4n) is 2.77. The van der Waals surface area contributed by atoms with Crippen molar-refractivity contribution < 1.29 is 4.42 Å². The fraction of sp³-hybridized carbons (Fsp3) is 0.786. The van der Waals surface area contributed by atoms with Gasteiger partial charge in [0.15, 0.2) is 5.89 Å². The van der Waals surface area contributed by atoms with Gasteiger partial charge in [0, 0.05) is 31.5 Å². The Balaban J connectivity index is 1.90. The number of nitrogens with one attached hydrogen (secondary N) is 1. The summed E-state index contributed by atoms with van der Waals surface area (Å²) in [5.41, 5.74) is 1.06. The fourth-order valence-corrected chi connectivity index (χ4v) is 2.77. The van der Waals surface area contributed by atoms with Crippen molar-refractivity contribution in [1.29, 1.82) is 0 Å². The first-order valence-corrected chi connectivity index (χ1v) is 7.04. The van der Waals surface area contributed by atoms with E-state index in [1.807, 2.05) is 7.05 Å². The van der Waals surface area contributed by atoms with Crippen LogP contribution in [0, 0.1) is 0 Å².